The van der Waals surface area contributed by atoms with E-state index in [4.69, 9.17) is 24.0 Å². The SMILES string of the molecule is C[C@H]1[C@@H](Oc2ccc(F)cc2)O[C@@H]2O[C@@]3(C)CCC4[C@H](C)CC[C@@H]1[C@]42OO3. The fraction of sp³-hybridized carbons (Fsp3) is 0.714. The zero-order valence-corrected chi connectivity index (χ0v) is 16.0. The van der Waals surface area contributed by atoms with Crippen LogP contribution in [0.25, 0.3) is 0 Å². The molecule has 1 aliphatic carbocycles. The fourth-order valence-corrected chi connectivity index (χ4v) is 5.65. The van der Waals surface area contributed by atoms with Gasteiger partial charge in [0.2, 0.25) is 12.1 Å². The normalized spacial score (nSPS) is 48.6. The van der Waals surface area contributed by atoms with Crippen molar-refractivity contribution in [2.45, 2.75) is 70.4 Å². The molecule has 148 valence electrons. The standard InChI is InChI=1S/C21H27FO5/c1-12-4-9-17-13(2)18(23-15-7-5-14(22)6-8-15)24-19-21(17)16(12)10-11-20(3,25-19)26-27-21/h5-8,12-13,16-19H,4,9-11H2,1-3H3/t12-,13-,16?,17+,18+,19-,20-,21-/m1/s1. The van der Waals surface area contributed by atoms with E-state index in [-0.39, 0.29) is 17.7 Å². The van der Waals surface area contributed by atoms with Crippen LogP contribution in [0.5, 0.6) is 5.75 Å². The van der Waals surface area contributed by atoms with Gasteiger partial charge in [0.25, 0.3) is 0 Å². The molecule has 1 aromatic carbocycles. The summed E-state index contributed by atoms with van der Waals surface area (Å²) in [6.45, 7) is 6.34. The van der Waals surface area contributed by atoms with Crippen LogP contribution in [0, 0.1) is 29.5 Å². The summed E-state index contributed by atoms with van der Waals surface area (Å²) >= 11 is 0. The molecule has 1 aromatic rings. The van der Waals surface area contributed by atoms with Crippen molar-refractivity contribution in [3.63, 3.8) is 0 Å². The van der Waals surface area contributed by atoms with Gasteiger partial charge in [-0.25, -0.2) is 14.2 Å². The Hall–Kier alpha value is -1.21. The third-order valence-corrected chi connectivity index (χ3v) is 7.16. The lowest BCUT2D eigenvalue weighted by molar-refractivity contribution is -0.575. The second-order valence-corrected chi connectivity index (χ2v) is 8.85. The van der Waals surface area contributed by atoms with E-state index in [2.05, 4.69) is 13.8 Å². The minimum Gasteiger partial charge on any atom is -0.465 e. The van der Waals surface area contributed by atoms with E-state index in [1.54, 1.807) is 12.1 Å². The average molecular weight is 378 g/mol. The molecular weight excluding hydrogens is 351 g/mol. The first-order valence-electron chi connectivity index (χ1n) is 10.0. The molecule has 0 radical (unpaired) electrons. The van der Waals surface area contributed by atoms with Crippen molar-refractivity contribution in [3.05, 3.63) is 30.1 Å². The number of hydrogen-bond donors (Lipinski definition) is 0. The van der Waals surface area contributed by atoms with Crippen LogP contribution in [0.1, 0.15) is 46.5 Å². The Bertz CT molecular complexity index is 711. The molecule has 27 heavy (non-hydrogen) atoms. The van der Waals surface area contributed by atoms with Crippen LogP contribution in [-0.4, -0.2) is 24.0 Å². The Labute approximate surface area is 159 Å². The molecule has 5 nitrogen and oxygen atoms in total. The first-order chi connectivity index (χ1) is 12.9. The van der Waals surface area contributed by atoms with Crippen molar-refractivity contribution in [2.24, 2.45) is 23.7 Å². The molecule has 0 N–H and O–H groups in total. The van der Waals surface area contributed by atoms with Crippen molar-refractivity contribution in [2.75, 3.05) is 0 Å². The summed E-state index contributed by atoms with van der Waals surface area (Å²) in [6, 6.07) is 6.04. The molecule has 0 aromatic heterocycles. The Morgan fingerprint density at radius 3 is 2.59 bits per heavy atom. The van der Waals surface area contributed by atoms with Gasteiger partial charge in [-0.1, -0.05) is 13.8 Å². The Morgan fingerprint density at radius 1 is 1.04 bits per heavy atom. The highest BCUT2D eigenvalue weighted by Gasteiger charge is 2.69. The first-order valence-corrected chi connectivity index (χ1v) is 10.0. The number of rotatable bonds is 2. The van der Waals surface area contributed by atoms with Gasteiger partial charge in [0.15, 0.2) is 11.9 Å². The summed E-state index contributed by atoms with van der Waals surface area (Å²) in [5.74, 6) is 0.680. The van der Waals surface area contributed by atoms with E-state index in [1.165, 1.54) is 12.1 Å². The quantitative estimate of drug-likeness (QED) is 0.713. The lowest BCUT2D eigenvalue weighted by Gasteiger charge is -2.60. The first kappa shape index (κ1) is 17.9. The molecule has 4 saturated heterocycles. The molecule has 1 saturated carbocycles. The van der Waals surface area contributed by atoms with Crippen LogP contribution in [0.2, 0.25) is 0 Å². The molecule has 4 aliphatic heterocycles. The maximum absolute atomic E-state index is 13.2. The predicted molar refractivity (Wildman–Crippen MR) is 93.9 cm³/mol. The van der Waals surface area contributed by atoms with Crippen LogP contribution in [0.3, 0.4) is 0 Å². The zero-order valence-electron chi connectivity index (χ0n) is 16.0. The minimum atomic E-state index is -0.793. The average Bonchev–Trinajstić information content (AvgIpc) is 2.87. The molecule has 1 spiro atoms. The van der Waals surface area contributed by atoms with Gasteiger partial charge in [0.1, 0.15) is 11.6 Å². The number of halogens is 1. The van der Waals surface area contributed by atoms with Gasteiger partial charge in [-0.05, 0) is 62.3 Å². The van der Waals surface area contributed by atoms with Gasteiger partial charge >= 0.3 is 0 Å². The van der Waals surface area contributed by atoms with Crippen molar-refractivity contribution >= 4 is 0 Å². The summed E-state index contributed by atoms with van der Waals surface area (Å²) in [4.78, 5) is 11.9. The van der Waals surface area contributed by atoms with Crippen LogP contribution in [0.4, 0.5) is 4.39 Å². The van der Waals surface area contributed by atoms with Crippen molar-refractivity contribution in [3.8, 4) is 5.75 Å². The van der Waals surface area contributed by atoms with Crippen molar-refractivity contribution in [1.82, 2.24) is 0 Å². The Kier molecular flexibility index (Phi) is 4.06. The molecule has 5 fully saturated rings. The maximum atomic E-state index is 13.2. The molecule has 6 rings (SSSR count). The van der Waals surface area contributed by atoms with Gasteiger partial charge in [-0.15, -0.1) is 0 Å². The number of ether oxygens (including phenoxy) is 3. The van der Waals surface area contributed by atoms with Gasteiger partial charge < -0.3 is 14.2 Å². The molecule has 1 unspecified atom stereocenters. The topological polar surface area (TPSA) is 46.2 Å². The van der Waals surface area contributed by atoms with E-state index >= 15 is 0 Å². The summed E-state index contributed by atoms with van der Waals surface area (Å²) in [5, 5.41) is 0. The third-order valence-electron chi connectivity index (χ3n) is 7.16. The molecule has 8 atom stereocenters. The Balaban J connectivity index is 1.48. The molecule has 2 bridgehead atoms. The summed E-state index contributed by atoms with van der Waals surface area (Å²) in [6.07, 6.45) is 2.95. The van der Waals surface area contributed by atoms with Gasteiger partial charge in [0.05, 0.1) is 0 Å². The second kappa shape index (κ2) is 6.14. The predicted octanol–water partition coefficient (Wildman–Crippen LogP) is 4.41. The Morgan fingerprint density at radius 2 is 1.81 bits per heavy atom. The molecule has 4 heterocycles. The fourth-order valence-electron chi connectivity index (χ4n) is 5.65. The molecule has 5 aliphatic rings. The highest BCUT2D eigenvalue weighted by Crippen LogP contribution is 2.60. The smallest absolute Gasteiger partial charge is 0.205 e. The summed E-state index contributed by atoms with van der Waals surface area (Å²) in [7, 11) is 0. The van der Waals surface area contributed by atoms with E-state index in [1.807, 2.05) is 6.92 Å². The van der Waals surface area contributed by atoms with Crippen LogP contribution in [-0.2, 0) is 19.2 Å². The van der Waals surface area contributed by atoms with E-state index in [0.29, 0.717) is 17.6 Å². The second-order valence-electron chi connectivity index (χ2n) is 8.85. The number of fused-ring (bicyclic) bond motifs is 2. The van der Waals surface area contributed by atoms with Crippen molar-refractivity contribution in [1.29, 1.82) is 0 Å². The van der Waals surface area contributed by atoms with Gasteiger partial charge in [-0.3, -0.25) is 0 Å². The maximum Gasteiger partial charge on any atom is 0.205 e. The number of benzene rings is 1. The van der Waals surface area contributed by atoms with Gasteiger partial charge in [0, 0.05) is 18.3 Å². The van der Waals surface area contributed by atoms with Crippen molar-refractivity contribution < 1.29 is 28.4 Å². The highest BCUT2D eigenvalue weighted by atomic mass is 19.1. The lowest BCUT2D eigenvalue weighted by atomic mass is 9.58. The minimum absolute atomic E-state index is 0.0935. The largest absolute Gasteiger partial charge is 0.465 e. The van der Waals surface area contributed by atoms with Crippen LogP contribution >= 0.6 is 0 Å². The summed E-state index contributed by atoms with van der Waals surface area (Å²) < 4.78 is 32.0. The van der Waals surface area contributed by atoms with Gasteiger partial charge in [-0.2, -0.15) is 0 Å². The van der Waals surface area contributed by atoms with Crippen LogP contribution in [0.15, 0.2) is 24.3 Å². The molecule has 0 amide bonds. The van der Waals surface area contributed by atoms with E-state index in [0.717, 1.165) is 25.7 Å². The lowest BCUT2D eigenvalue weighted by Crippen LogP contribution is -2.70. The van der Waals surface area contributed by atoms with Crippen LogP contribution < -0.4 is 4.74 Å². The highest BCUT2D eigenvalue weighted by molar-refractivity contribution is 5.22. The number of hydrogen-bond acceptors (Lipinski definition) is 5. The third kappa shape index (κ3) is 2.64. The molecular formula is C21H27FO5. The van der Waals surface area contributed by atoms with E-state index < -0.39 is 24.0 Å². The van der Waals surface area contributed by atoms with E-state index in [9.17, 15) is 4.39 Å². The summed E-state index contributed by atoms with van der Waals surface area (Å²) in [5.41, 5.74) is -0.588. The monoisotopic (exact) mass is 378 g/mol. The zero-order chi connectivity index (χ0) is 18.8. The molecule has 6 heteroatoms.